The highest BCUT2D eigenvalue weighted by Crippen LogP contribution is 2.51. The number of carbonyl (C=O) groups excluding carboxylic acids is 5. The summed E-state index contributed by atoms with van der Waals surface area (Å²) in [5.41, 5.74) is 6.34. The van der Waals surface area contributed by atoms with Crippen LogP contribution < -0.4 is 11.1 Å². The average Bonchev–Trinajstić information content (AvgIpc) is 2.99. The number of phenols is 1. The minimum absolute atomic E-state index is 0.0189. The van der Waals surface area contributed by atoms with E-state index in [1.807, 2.05) is 30.3 Å². The van der Waals surface area contributed by atoms with Gasteiger partial charge in [-0.25, -0.2) is 4.39 Å². The summed E-state index contributed by atoms with van der Waals surface area (Å²) in [7, 11) is 3.09. The number of nitrogens with one attached hydrogen (secondary N) is 1. The summed E-state index contributed by atoms with van der Waals surface area (Å²) in [6.45, 7) is 1.01. The molecule has 0 aliphatic heterocycles. The number of aliphatic hydroxyl groups is 1. The number of primary amides is 1. The summed E-state index contributed by atoms with van der Waals surface area (Å²) in [4.78, 5) is 68.4. The van der Waals surface area contributed by atoms with Crippen molar-refractivity contribution in [3.8, 4) is 16.9 Å². The van der Waals surface area contributed by atoms with E-state index in [-0.39, 0.29) is 30.0 Å². The Morgan fingerprint density at radius 2 is 1.70 bits per heavy atom. The van der Waals surface area contributed by atoms with Crippen LogP contribution in [0.2, 0.25) is 0 Å². The third-order valence-corrected chi connectivity index (χ3v) is 9.76. The molecule has 6 unspecified atom stereocenters. The number of benzene rings is 3. The van der Waals surface area contributed by atoms with E-state index in [1.54, 1.807) is 26.2 Å². The quantitative estimate of drug-likeness (QED) is 0.287. The third-order valence-electron chi connectivity index (χ3n) is 9.76. The van der Waals surface area contributed by atoms with E-state index in [4.69, 9.17) is 5.73 Å². The fourth-order valence-electron chi connectivity index (χ4n) is 7.68. The lowest BCUT2D eigenvalue weighted by atomic mass is 9.52. The SMILES string of the molecule is CN(C)C1C(=O)C(C(N)=O)C(=O)C2(O)C(=O)C3C(=O)c4c(O)ccc(-c5ccc(CNCc6cccc(F)c6)cc5)c4CC3CC12. The fraction of sp³-hybridized carbons (Fsp3) is 0.343. The molecule has 3 aliphatic rings. The van der Waals surface area contributed by atoms with Crippen LogP contribution in [0.5, 0.6) is 5.75 Å². The molecule has 0 radical (unpaired) electrons. The molecule has 6 atom stereocenters. The predicted octanol–water partition coefficient (Wildman–Crippen LogP) is 1.96. The normalized spacial score (nSPS) is 27.3. The first-order chi connectivity index (χ1) is 21.8. The minimum Gasteiger partial charge on any atom is -0.507 e. The molecule has 0 heterocycles. The number of amides is 1. The number of hydrogen-bond acceptors (Lipinski definition) is 9. The number of nitrogens with two attached hydrogens (primary N) is 1. The molecule has 3 aliphatic carbocycles. The molecule has 2 fully saturated rings. The lowest BCUT2D eigenvalue weighted by molar-refractivity contribution is -0.181. The van der Waals surface area contributed by atoms with E-state index >= 15 is 0 Å². The topological polar surface area (TPSA) is 167 Å². The summed E-state index contributed by atoms with van der Waals surface area (Å²) in [6, 6.07) is 15.9. The summed E-state index contributed by atoms with van der Waals surface area (Å²) in [5.74, 6) is -11.1. The molecule has 11 heteroatoms. The standard InChI is InChI=1S/C35H34FN3O7/c1-39(2)29-24-14-20-13-23-22(19-8-6-17(7-9-19)15-38-16-18-4-3-5-21(36)12-18)10-11-25(40)27(23)30(41)26(20)32(43)35(24,46)33(44)28(31(29)42)34(37)45/h3-12,20,24,26,28-29,38,40,46H,13-16H2,1-2H3,(H2,37,45). The highest BCUT2D eigenvalue weighted by atomic mass is 19.1. The summed E-state index contributed by atoms with van der Waals surface area (Å²) in [6.07, 6.45) is 0.154. The molecule has 10 nitrogen and oxygen atoms in total. The Kier molecular flexibility index (Phi) is 7.95. The van der Waals surface area contributed by atoms with E-state index in [0.717, 1.165) is 16.7 Å². The smallest absolute Gasteiger partial charge is 0.235 e. The van der Waals surface area contributed by atoms with Gasteiger partial charge in [-0.15, -0.1) is 0 Å². The number of halogens is 1. The Hall–Kier alpha value is -4.58. The highest BCUT2D eigenvalue weighted by Gasteiger charge is 2.69. The van der Waals surface area contributed by atoms with Crippen LogP contribution in [-0.2, 0) is 38.7 Å². The zero-order valence-corrected chi connectivity index (χ0v) is 25.3. The van der Waals surface area contributed by atoms with Crippen molar-refractivity contribution < 1.29 is 38.6 Å². The number of Topliss-reactive ketones (excluding diaryl/α,β-unsaturated/α-hetero) is 4. The number of nitrogens with zero attached hydrogens (tertiary/aromatic N) is 1. The fourth-order valence-corrected chi connectivity index (χ4v) is 7.68. The third kappa shape index (κ3) is 4.95. The van der Waals surface area contributed by atoms with Crippen molar-refractivity contribution in [3.05, 3.63) is 88.7 Å². The van der Waals surface area contributed by atoms with Gasteiger partial charge in [0.15, 0.2) is 34.7 Å². The lowest BCUT2D eigenvalue weighted by Gasteiger charge is -2.52. The van der Waals surface area contributed by atoms with Crippen molar-refractivity contribution in [1.29, 1.82) is 0 Å². The monoisotopic (exact) mass is 627 g/mol. The number of fused-ring (bicyclic) bond motifs is 3. The molecule has 0 aromatic heterocycles. The maximum absolute atomic E-state index is 14.0. The molecule has 5 N–H and O–H groups in total. The average molecular weight is 628 g/mol. The summed E-state index contributed by atoms with van der Waals surface area (Å²) < 4.78 is 13.5. The first-order valence-electron chi connectivity index (χ1n) is 15.1. The number of aromatic hydroxyl groups is 1. The van der Waals surface area contributed by atoms with E-state index in [9.17, 15) is 38.6 Å². The molecular weight excluding hydrogens is 593 g/mol. The second kappa shape index (κ2) is 11.7. The molecule has 46 heavy (non-hydrogen) atoms. The number of rotatable bonds is 7. The van der Waals surface area contributed by atoms with Crippen molar-refractivity contribution in [1.82, 2.24) is 10.2 Å². The van der Waals surface area contributed by atoms with Crippen LogP contribution in [0.3, 0.4) is 0 Å². The first-order valence-corrected chi connectivity index (χ1v) is 15.1. The van der Waals surface area contributed by atoms with Crippen LogP contribution >= 0.6 is 0 Å². The van der Waals surface area contributed by atoms with Crippen LogP contribution in [0.4, 0.5) is 4.39 Å². The molecule has 238 valence electrons. The van der Waals surface area contributed by atoms with Crippen molar-refractivity contribution in [2.45, 2.75) is 37.6 Å². The first kappa shape index (κ1) is 31.4. The molecule has 6 rings (SSSR count). The van der Waals surface area contributed by atoms with Gasteiger partial charge in [-0.2, -0.15) is 0 Å². The van der Waals surface area contributed by atoms with Gasteiger partial charge in [0.1, 0.15) is 11.6 Å². The zero-order chi connectivity index (χ0) is 33.1. The minimum atomic E-state index is -2.76. The van der Waals surface area contributed by atoms with Gasteiger partial charge in [-0.05, 0) is 78.9 Å². The van der Waals surface area contributed by atoms with Crippen molar-refractivity contribution in [2.75, 3.05) is 14.1 Å². The maximum atomic E-state index is 14.0. The zero-order valence-electron chi connectivity index (χ0n) is 25.3. The van der Waals surface area contributed by atoms with Crippen LogP contribution in [0.15, 0.2) is 60.7 Å². The van der Waals surface area contributed by atoms with E-state index in [1.165, 1.54) is 23.1 Å². The Balaban J connectivity index is 1.31. The number of likely N-dealkylation sites (N-methyl/N-ethyl adjacent to an activating group) is 1. The Bertz CT molecular complexity index is 1790. The second-order valence-corrected chi connectivity index (χ2v) is 12.7. The van der Waals surface area contributed by atoms with Gasteiger partial charge in [-0.1, -0.05) is 42.5 Å². The highest BCUT2D eigenvalue weighted by molar-refractivity contribution is 6.32. The van der Waals surface area contributed by atoms with E-state index in [0.29, 0.717) is 24.2 Å². The number of hydrogen-bond donors (Lipinski definition) is 4. The van der Waals surface area contributed by atoms with Crippen molar-refractivity contribution in [2.24, 2.45) is 29.4 Å². The number of carbonyl (C=O) groups is 5. The maximum Gasteiger partial charge on any atom is 0.235 e. The molecule has 3 aromatic carbocycles. The van der Waals surface area contributed by atoms with Gasteiger partial charge >= 0.3 is 0 Å². The van der Waals surface area contributed by atoms with Crippen molar-refractivity contribution >= 4 is 29.0 Å². The predicted molar refractivity (Wildman–Crippen MR) is 164 cm³/mol. The molecule has 1 amide bonds. The van der Waals surface area contributed by atoms with Crippen molar-refractivity contribution in [3.63, 3.8) is 0 Å². The van der Waals surface area contributed by atoms with Gasteiger partial charge in [0.2, 0.25) is 5.91 Å². The molecule has 3 aromatic rings. The van der Waals surface area contributed by atoms with Crippen LogP contribution in [-0.4, -0.2) is 69.9 Å². The Labute approximate surface area is 264 Å². The van der Waals surface area contributed by atoms with Gasteiger partial charge in [-0.3, -0.25) is 28.9 Å². The van der Waals surface area contributed by atoms with Gasteiger partial charge in [0.05, 0.1) is 17.5 Å². The molecule has 0 saturated heterocycles. The van der Waals surface area contributed by atoms with E-state index < -0.39 is 64.4 Å². The molecule has 0 bridgehead atoms. The molecule has 0 spiro atoms. The Morgan fingerprint density at radius 1 is 1.00 bits per heavy atom. The Morgan fingerprint density at radius 3 is 2.35 bits per heavy atom. The second-order valence-electron chi connectivity index (χ2n) is 12.7. The summed E-state index contributed by atoms with van der Waals surface area (Å²) >= 11 is 0. The van der Waals surface area contributed by atoms with Crippen LogP contribution in [0, 0.1) is 29.5 Å². The van der Waals surface area contributed by atoms with E-state index in [2.05, 4.69) is 5.32 Å². The van der Waals surface area contributed by atoms with Crippen LogP contribution in [0.1, 0.15) is 33.5 Å². The largest absolute Gasteiger partial charge is 0.507 e. The summed E-state index contributed by atoms with van der Waals surface area (Å²) in [5, 5.41) is 25.8. The number of ketones is 4. The number of phenolic OH excluding ortho intramolecular Hbond substituents is 1. The van der Waals surface area contributed by atoms with Gasteiger partial charge in [0, 0.05) is 19.0 Å². The van der Waals surface area contributed by atoms with Crippen LogP contribution in [0.25, 0.3) is 11.1 Å². The molecule has 2 saturated carbocycles. The molecular formula is C35H34FN3O7. The lowest BCUT2D eigenvalue weighted by Crippen LogP contribution is -2.74. The van der Waals surface area contributed by atoms with Gasteiger partial charge in [0.25, 0.3) is 0 Å². The van der Waals surface area contributed by atoms with Gasteiger partial charge < -0.3 is 21.3 Å².